The number of halogens is 1. The first-order valence-electron chi connectivity index (χ1n) is 5.14. The van der Waals surface area contributed by atoms with Gasteiger partial charge < -0.3 is 10.4 Å². The fraction of sp³-hybridized carbons (Fsp3) is 0.700. The largest absolute Gasteiger partial charge is 0.391 e. The van der Waals surface area contributed by atoms with Gasteiger partial charge in [0.15, 0.2) is 0 Å². The summed E-state index contributed by atoms with van der Waals surface area (Å²) in [5, 5.41) is 17.6. The Morgan fingerprint density at radius 3 is 2.80 bits per heavy atom. The summed E-state index contributed by atoms with van der Waals surface area (Å²) in [5.74, 6) is 0. The van der Waals surface area contributed by atoms with E-state index in [1.54, 1.807) is 0 Å². The lowest BCUT2D eigenvalue weighted by Gasteiger charge is -2.11. The van der Waals surface area contributed by atoms with Crippen LogP contribution in [0, 0.1) is 6.92 Å². The molecule has 1 atom stereocenters. The summed E-state index contributed by atoms with van der Waals surface area (Å²) in [6, 6.07) is 0. The van der Waals surface area contributed by atoms with Gasteiger partial charge in [-0.05, 0) is 20.9 Å². The number of nitrogens with one attached hydrogen (secondary N) is 1. The lowest BCUT2D eigenvalue weighted by Crippen LogP contribution is -2.26. The van der Waals surface area contributed by atoms with E-state index in [1.807, 2.05) is 25.6 Å². The molecule has 86 valence electrons. The number of aromatic nitrogens is 2. The van der Waals surface area contributed by atoms with Crippen LogP contribution in [0.5, 0.6) is 0 Å². The topological polar surface area (TPSA) is 50.1 Å². The summed E-state index contributed by atoms with van der Waals surface area (Å²) in [5.41, 5.74) is 1.74. The molecule has 1 aromatic rings. The number of hydrogen-bond acceptors (Lipinski definition) is 3. The van der Waals surface area contributed by atoms with Crippen molar-refractivity contribution in [2.75, 3.05) is 13.6 Å². The Hall–Kier alpha value is -0.580. The lowest BCUT2D eigenvalue weighted by atomic mass is 10.2. The molecule has 0 bridgehead atoms. The maximum Gasteiger partial charge on any atom is 0.0848 e. The highest BCUT2D eigenvalue weighted by Gasteiger charge is 2.15. The second kappa shape index (κ2) is 5.49. The zero-order valence-electron chi connectivity index (χ0n) is 9.42. The van der Waals surface area contributed by atoms with Gasteiger partial charge in [-0.3, -0.25) is 4.68 Å². The first-order chi connectivity index (χ1) is 7.10. The Kier molecular flexibility index (Phi) is 4.57. The molecular formula is C10H18ClN3O. The van der Waals surface area contributed by atoms with Gasteiger partial charge in [-0.2, -0.15) is 5.10 Å². The third-order valence-corrected chi connectivity index (χ3v) is 2.81. The van der Waals surface area contributed by atoms with Crippen LogP contribution in [0.2, 0.25) is 5.02 Å². The summed E-state index contributed by atoms with van der Waals surface area (Å²) >= 11 is 6.12. The van der Waals surface area contributed by atoms with Crippen molar-refractivity contribution in [2.24, 2.45) is 0 Å². The quantitative estimate of drug-likeness (QED) is 0.795. The molecule has 0 amide bonds. The van der Waals surface area contributed by atoms with Gasteiger partial charge in [0, 0.05) is 19.5 Å². The summed E-state index contributed by atoms with van der Waals surface area (Å²) in [4.78, 5) is 0. The van der Waals surface area contributed by atoms with Gasteiger partial charge in [0.05, 0.1) is 22.5 Å². The van der Waals surface area contributed by atoms with Gasteiger partial charge >= 0.3 is 0 Å². The second-order valence-corrected chi connectivity index (χ2v) is 3.96. The van der Waals surface area contributed by atoms with Crippen molar-refractivity contribution in [1.82, 2.24) is 15.1 Å². The molecule has 1 rings (SSSR count). The van der Waals surface area contributed by atoms with Crippen molar-refractivity contribution in [3.63, 3.8) is 0 Å². The first kappa shape index (κ1) is 12.5. The van der Waals surface area contributed by atoms with E-state index >= 15 is 0 Å². The molecule has 2 N–H and O–H groups in total. The van der Waals surface area contributed by atoms with Crippen LogP contribution in [0.25, 0.3) is 0 Å². The van der Waals surface area contributed by atoms with E-state index < -0.39 is 6.10 Å². The van der Waals surface area contributed by atoms with Crippen LogP contribution in [0.1, 0.15) is 18.3 Å². The Morgan fingerprint density at radius 2 is 2.27 bits per heavy atom. The predicted molar refractivity (Wildman–Crippen MR) is 61.3 cm³/mol. The minimum Gasteiger partial charge on any atom is -0.391 e. The second-order valence-electron chi connectivity index (χ2n) is 3.58. The van der Waals surface area contributed by atoms with Gasteiger partial charge in [0.25, 0.3) is 0 Å². The summed E-state index contributed by atoms with van der Waals surface area (Å²) < 4.78 is 1.84. The van der Waals surface area contributed by atoms with Gasteiger partial charge in [-0.1, -0.05) is 11.6 Å². The molecule has 0 aromatic carbocycles. The molecule has 4 nitrogen and oxygen atoms in total. The molecule has 0 aliphatic rings. The number of nitrogens with zero attached hydrogens (tertiary/aromatic N) is 2. The molecule has 5 heteroatoms. The maximum absolute atomic E-state index is 9.69. The number of aliphatic hydroxyl groups excluding tert-OH is 1. The third-order valence-electron chi connectivity index (χ3n) is 2.32. The monoisotopic (exact) mass is 231 g/mol. The third kappa shape index (κ3) is 2.93. The Labute approximate surface area is 95.2 Å². The van der Waals surface area contributed by atoms with E-state index in [0.29, 0.717) is 18.0 Å². The molecule has 0 fully saturated rings. The highest BCUT2D eigenvalue weighted by atomic mass is 35.5. The van der Waals surface area contributed by atoms with Crippen LogP contribution in [0.15, 0.2) is 0 Å². The smallest absolute Gasteiger partial charge is 0.0848 e. The normalized spacial score (nSPS) is 13.1. The van der Waals surface area contributed by atoms with E-state index in [-0.39, 0.29) is 0 Å². The van der Waals surface area contributed by atoms with Crippen molar-refractivity contribution < 1.29 is 5.11 Å². The number of aryl methyl sites for hydroxylation is 2. The standard InChI is InChI=1S/C10H18ClN3O/c1-4-14-9(5-8(15)6-12-3)10(11)7(2)13-14/h8,12,15H,4-6H2,1-3H3. The van der Waals surface area contributed by atoms with Gasteiger partial charge in [-0.25, -0.2) is 0 Å². The molecule has 15 heavy (non-hydrogen) atoms. The summed E-state index contributed by atoms with van der Waals surface area (Å²) in [7, 11) is 1.81. The molecule has 0 radical (unpaired) electrons. The first-order valence-corrected chi connectivity index (χ1v) is 5.52. The highest BCUT2D eigenvalue weighted by Crippen LogP contribution is 2.21. The Bertz CT molecular complexity index is 325. The molecule has 0 aliphatic heterocycles. The Morgan fingerprint density at radius 1 is 1.60 bits per heavy atom. The molecule has 1 unspecified atom stereocenters. The minimum atomic E-state index is -0.422. The van der Waals surface area contributed by atoms with Crippen LogP contribution in [-0.4, -0.2) is 34.6 Å². The summed E-state index contributed by atoms with van der Waals surface area (Å²) in [6.07, 6.45) is 0.114. The molecule has 0 spiro atoms. The fourth-order valence-corrected chi connectivity index (χ4v) is 1.81. The molecule has 0 saturated carbocycles. The van der Waals surface area contributed by atoms with Crippen LogP contribution < -0.4 is 5.32 Å². The lowest BCUT2D eigenvalue weighted by molar-refractivity contribution is 0.172. The van der Waals surface area contributed by atoms with E-state index in [9.17, 15) is 5.11 Å². The number of rotatable bonds is 5. The van der Waals surface area contributed by atoms with Gasteiger partial charge in [0.1, 0.15) is 0 Å². The molecule has 0 aliphatic carbocycles. The highest BCUT2D eigenvalue weighted by molar-refractivity contribution is 6.31. The van der Waals surface area contributed by atoms with E-state index in [1.165, 1.54) is 0 Å². The van der Waals surface area contributed by atoms with E-state index in [4.69, 9.17) is 11.6 Å². The predicted octanol–water partition coefficient (Wildman–Crippen LogP) is 0.988. The van der Waals surface area contributed by atoms with Gasteiger partial charge in [-0.15, -0.1) is 0 Å². The molecule has 1 heterocycles. The van der Waals surface area contributed by atoms with Crippen molar-refractivity contribution in [3.8, 4) is 0 Å². The van der Waals surface area contributed by atoms with Crippen LogP contribution in [-0.2, 0) is 13.0 Å². The van der Waals surface area contributed by atoms with E-state index in [2.05, 4.69) is 10.4 Å². The van der Waals surface area contributed by atoms with Crippen molar-refractivity contribution in [3.05, 3.63) is 16.4 Å². The maximum atomic E-state index is 9.69. The number of likely N-dealkylation sites (N-methyl/N-ethyl adjacent to an activating group) is 1. The summed E-state index contributed by atoms with van der Waals surface area (Å²) in [6.45, 7) is 5.22. The van der Waals surface area contributed by atoms with Crippen molar-refractivity contribution in [1.29, 1.82) is 0 Å². The zero-order chi connectivity index (χ0) is 11.4. The number of aliphatic hydroxyl groups is 1. The SMILES string of the molecule is CCn1nc(C)c(Cl)c1CC(O)CNC. The van der Waals surface area contributed by atoms with E-state index in [0.717, 1.165) is 17.9 Å². The van der Waals surface area contributed by atoms with Crippen molar-refractivity contribution in [2.45, 2.75) is 32.9 Å². The zero-order valence-corrected chi connectivity index (χ0v) is 10.2. The Balaban J connectivity index is 2.82. The fourth-order valence-electron chi connectivity index (χ4n) is 1.59. The molecular weight excluding hydrogens is 214 g/mol. The number of hydrogen-bond donors (Lipinski definition) is 2. The average molecular weight is 232 g/mol. The van der Waals surface area contributed by atoms with Crippen LogP contribution >= 0.6 is 11.6 Å². The van der Waals surface area contributed by atoms with Crippen molar-refractivity contribution >= 4 is 11.6 Å². The molecule has 0 saturated heterocycles. The van der Waals surface area contributed by atoms with Crippen LogP contribution in [0.3, 0.4) is 0 Å². The van der Waals surface area contributed by atoms with Crippen LogP contribution in [0.4, 0.5) is 0 Å². The minimum absolute atomic E-state index is 0.422. The molecule has 1 aromatic heterocycles. The van der Waals surface area contributed by atoms with Gasteiger partial charge in [0.2, 0.25) is 0 Å². The average Bonchev–Trinajstić information content (AvgIpc) is 2.46.